The number of hydrogen-bond acceptors (Lipinski definition) is 1. The molecule has 0 aromatic heterocycles. The van der Waals surface area contributed by atoms with Crippen LogP contribution in [0, 0.1) is 11.8 Å². The number of ether oxygens (including phenoxy) is 1. The highest BCUT2D eigenvalue weighted by Gasteiger charge is 2.20. The Bertz CT molecular complexity index is 346. The zero-order valence-electron chi connectivity index (χ0n) is 12.5. The third-order valence-corrected chi connectivity index (χ3v) is 4.66. The molecule has 0 unspecified atom stereocenters. The summed E-state index contributed by atoms with van der Waals surface area (Å²) in [4.78, 5) is 0. The Balaban J connectivity index is 1.71. The molecule has 0 saturated heterocycles. The van der Waals surface area contributed by atoms with Crippen molar-refractivity contribution in [3.63, 3.8) is 0 Å². The third kappa shape index (κ3) is 4.56. The Morgan fingerprint density at radius 2 is 1.53 bits per heavy atom. The van der Waals surface area contributed by atoms with E-state index < -0.39 is 0 Å². The summed E-state index contributed by atoms with van der Waals surface area (Å²) in [6.07, 6.45) is 11.3. The summed E-state index contributed by atoms with van der Waals surface area (Å²) in [5.74, 6) is 2.96. The van der Waals surface area contributed by atoms with Crippen molar-refractivity contribution < 1.29 is 4.74 Å². The predicted molar refractivity (Wildman–Crippen MR) is 81.7 cm³/mol. The van der Waals surface area contributed by atoms with Gasteiger partial charge in [0.15, 0.2) is 0 Å². The van der Waals surface area contributed by atoms with Gasteiger partial charge in [-0.1, -0.05) is 57.6 Å². The molecular weight excluding hydrogens is 232 g/mol. The van der Waals surface area contributed by atoms with E-state index in [0.29, 0.717) is 0 Å². The highest BCUT2D eigenvalue weighted by Crippen LogP contribution is 2.33. The molecule has 0 radical (unpaired) electrons. The van der Waals surface area contributed by atoms with E-state index >= 15 is 0 Å². The normalized spacial score (nSPS) is 23.3. The smallest absolute Gasteiger partial charge is 0.118 e. The molecule has 1 nitrogen and oxygen atoms in total. The molecule has 0 heterocycles. The first-order valence-corrected chi connectivity index (χ1v) is 7.94. The second-order valence-electron chi connectivity index (χ2n) is 6.06. The lowest BCUT2D eigenvalue weighted by molar-refractivity contribution is 0.252. The summed E-state index contributed by atoms with van der Waals surface area (Å²) >= 11 is 0. The standard InChI is InChI=1S/C18H28O/c1-3-4-15-5-7-16(8-6-15)9-10-17-11-13-18(19-2)14-12-17/h11-16H,3-10H2,1-2H3. The van der Waals surface area contributed by atoms with Crippen molar-refractivity contribution in [1.29, 1.82) is 0 Å². The van der Waals surface area contributed by atoms with Gasteiger partial charge < -0.3 is 4.74 Å². The lowest BCUT2D eigenvalue weighted by Gasteiger charge is -2.28. The lowest BCUT2D eigenvalue weighted by Crippen LogP contribution is -2.15. The summed E-state index contributed by atoms with van der Waals surface area (Å²) in [7, 11) is 1.73. The van der Waals surface area contributed by atoms with Crippen LogP contribution in [-0.2, 0) is 6.42 Å². The van der Waals surface area contributed by atoms with Gasteiger partial charge in [-0.25, -0.2) is 0 Å². The number of hydrogen-bond donors (Lipinski definition) is 0. The molecule has 1 aromatic rings. The van der Waals surface area contributed by atoms with Crippen LogP contribution in [0.4, 0.5) is 0 Å². The molecule has 1 fully saturated rings. The molecule has 0 amide bonds. The van der Waals surface area contributed by atoms with Crippen molar-refractivity contribution >= 4 is 0 Å². The average molecular weight is 260 g/mol. The van der Waals surface area contributed by atoms with E-state index in [0.717, 1.165) is 17.6 Å². The van der Waals surface area contributed by atoms with Crippen LogP contribution >= 0.6 is 0 Å². The first kappa shape index (κ1) is 14.4. The second kappa shape index (κ2) is 7.57. The monoisotopic (exact) mass is 260 g/mol. The molecule has 0 spiro atoms. The molecule has 0 aliphatic heterocycles. The maximum absolute atomic E-state index is 5.20. The number of aryl methyl sites for hydroxylation is 1. The lowest BCUT2D eigenvalue weighted by atomic mass is 9.78. The summed E-state index contributed by atoms with van der Waals surface area (Å²) in [6, 6.07) is 8.57. The number of methoxy groups -OCH3 is 1. The maximum atomic E-state index is 5.20. The zero-order chi connectivity index (χ0) is 13.5. The summed E-state index contributed by atoms with van der Waals surface area (Å²) < 4.78 is 5.20. The van der Waals surface area contributed by atoms with Crippen LogP contribution in [0.1, 0.15) is 57.4 Å². The van der Waals surface area contributed by atoms with Crippen molar-refractivity contribution in [2.45, 2.75) is 58.3 Å². The fourth-order valence-corrected chi connectivity index (χ4v) is 3.38. The third-order valence-electron chi connectivity index (χ3n) is 4.66. The van der Waals surface area contributed by atoms with Gasteiger partial charge in [0, 0.05) is 0 Å². The molecule has 0 bridgehead atoms. The Hall–Kier alpha value is -0.980. The van der Waals surface area contributed by atoms with Crippen molar-refractivity contribution in [2.75, 3.05) is 7.11 Å². The topological polar surface area (TPSA) is 9.23 Å². The van der Waals surface area contributed by atoms with E-state index in [1.165, 1.54) is 56.9 Å². The van der Waals surface area contributed by atoms with E-state index in [9.17, 15) is 0 Å². The van der Waals surface area contributed by atoms with Crippen molar-refractivity contribution in [2.24, 2.45) is 11.8 Å². The van der Waals surface area contributed by atoms with Crippen LogP contribution in [0.15, 0.2) is 24.3 Å². The molecule has 19 heavy (non-hydrogen) atoms. The van der Waals surface area contributed by atoms with E-state index in [2.05, 4.69) is 31.2 Å². The summed E-state index contributed by atoms with van der Waals surface area (Å²) in [5, 5.41) is 0. The van der Waals surface area contributed by atoms with Crippen molar-refractivity contribution in [3.05, 3.63) is 29.8 Å². The molecular formula is C18H28O. The second-order valence-corrected chi connectivity index (χ2v) is 6.06. The SMILES string of the molecule is CCCC1CCC(CCc2ccc(OC)cc2)CC1. The van der Waals surface area contributed by atoms with Crippen molar-refractivity contribution in [1.82, 2.24) is 0 Å². The van der Waals surface area contributed by atoms with Crippen LogP contribution in [0.5, 0.6) is 5.75 Å². The molecule has 2 rings (SSSR count). The number of benzene rings is 1. The summed E-state index contributed by atoms with van der Waals surface area (Å²) in [5.41, 5.74) is 1.46. The van der Waals surface area contributed by atoms with Crippen LogP contribution < -0.4 is 4.74 Å². The minimum absolute atomic E-state index is 0.962. The van der Waals surface area contributed by atoms with E-state index in [4.69, 9.17) is 4.74 Å². The predicted octanol–water partition coefficient (Wildman–Crippen LogP) is 5.23. The van der Waals surface area contributed by atoms with Gasteiger partial charge in [0.2, 0.25) is 0 Å². The van der Waals surface area contributed by atoms with Gasteiger partial charge in [0.25, 0.3) is 0 Å². The average Bonchev–Trinajstić information content (AvgIpc) is 2.47. The fourth-order valence-electron chi connectivity index (χ4n) is 3.38. The quantitative estimate of drug-likeness (QED) is 0.680. The van der Waals surface area contributed by atoms with Crippen LogP contribution in [0.25, 0.3) is 0 Å². The Morgan fingerprint density at radius 3 is 2.05 bits per heavy atom. The minimum Gasteiger partial charge on any atom is -0.497 e. The molecule has 1 aliphatic carbocycles. The molecule has 1 saturated carbocycles. The first-order valence-electron chi connectivity index (χ1n) is 7.94. The first-order chi connectivity index (χ1) is 9.31. The summed E-state index contributed by atoms with van der Waals surface area (Å²) in [6.45, 7) is 2.32. The minimum atomic E-state index is 0.962. The molecule has 1 heteroatoms. The molecule has 0 N–H and O–H groups in total. The van der Waals surface area contributed by atoms with Gasteiger partial charge >= 0.3 is 0 Å². The largest absolute Gasteiger partial charge is 0.497 e. The van der Waals surface area contributed by atoms with Gasteiger partial charge in [0.05, 0.1) is 7.11 Å². The Kier molecular flexibility index (Phi) is 5.75. The van der Waals surface area contributed by atoms with Crippen LogP contribution in [0.3, 0.4) is 0 Å². The highest BCUT2D eigenvalue weighted by molar-refractivity contribution is 5.27. The molecule has 1 aromatic carbocycles. The van der Waals surface area contributed by atoms with Gasteiger partial charge in [-0.05, 0) is 42.4 Å². The van der Waals surface area contributed by atoms with Gasteiger partial charge in [-0.2, -0.15) is 0 Å². The Morgan fingerprint density at radius 1 is 0.947 bits per heavy atom. The van der Waals surface area contributed by atoms with Crippen LogP contribution in [-0.4, -0.2) is 7.11 Å². The molecule has 0 atom stereocenters. The maximum Gasteiger partial charge on any atom is 0.118 e. The molecule has 1 aliphatic rings. The Labute approximate surface area is 118 Å². The van der Waals surface area contributed by atoms with Crippen molar-refractivity contribution in [3.8, 4) is 5.75 Å². The van der Waals surface area contributed by atoms with E-state index in [1.54, 1.807) is 7.11 Å². The zero-order valence-corrected chi connectivity index (χ0v) is 12.5. The van der Waals surface area contributed by atoms with Gasteiger partial charge in [-0.3, -0.25) is 0 Å². The molecule has 106 valence electrons. The fraction of sp³-hybridized carbons (Fsp3) is 0.667. The van der Waals surface area contributed by atoms with Gasteiger partial charge in [-0.15, -0.1) is 0 Å². The highest BCUT2D eigenvalue weighted by atomic mass is 16.5. The van der Waals surface area contributed by atoms with Gasteiger partial charge in [0.1, 0.15) is 5.75 Å². The number of rotatable bonds is 6. The van der Waals surface area contributed by atoms with Crippen LogP contribution in [0.2, 0.25) is 0 Å². The van der Waals surface area contributed by atoms with E-state index in [1.807, 2.05) is 0 Å². The van der Waals surface area contributed by atoms with E-state index in [-0.39, 0.29) is 0 Å².